The Morgan fingerprint density at radius 3 is 2.76 bits per heavy atom. The van der Waals surface area contributed by atoms with Gasteiger partial charge in [0, 0.05) is 24.8 Å². The number of benzene rings is 1. The van der Waals surface area contributed by atoms with E-state index in [1.807, 2.05) is 6.07 Å². The number of rotatable bonds is 3. The average molecular weight is 286 g/mol. The van der Waals surface area contributed by atoms with E-state index in [-0.39, 0.29) is 5.92 Å². The summed E-state index contributed by atoms with van der Waals surface area (Å²) in [6.07, 6.45) is 7.15. The molecule has 1 fully saturated rings. The smallest absolute Gasteiger partial charge is 0.228 e. The van der Waals surface area contributed by atoms with Gasteiger partial charge in [0.25, 0.3) is 0 Å². The van der Waals surface area contributed by atoms with Gasteiger partial charge < -0.3 is 10.2 Å². The highest BCUT2D eigenvalue weighted by atomic mass is 16.2. The molecular weight excluding hydrogens is 260 g/mol. The van der Waals surface area contributed by atoms with Gasteiger partial charge in [-0.25, -0.2) is 0 Å². The van der Waals surface area contributed by atoms with Crippen molar-refractivity contribution in [2.45, 2.75) is 51.5 Å². The van der Waals surface area contributed by atoms with Crippen molar-refractivity contribution < 1.29 is 4.79 Å². The molecule has 0 spiro atoms. The van der Waals surface area contributed by atoms with E-state index < -0.39 is 0 Å². The number of hydrogen-bond acceptors (Lipinski definition) is 2. The highest BCUT2D eigenvalue weighted by Crippen LogP contribution is 2.28. The Bertz CT molecular complexity index is 494. The minimum atomic E-state index is 0.0989. The molecule has 1 atom stereocenters. The van der Waals surface area contributed by atoms with Gasteiger partial charge in [-0.3, -0.25) is 4.79 Å². The Kier molecular flexibility index (Phi) is 4.47. The number of carbonyl (C=O) groups is 1. The Morgan fingerprint density at radius 2 is 2.00 bits per heavy atom. The highest BCUT2D eigenvalue weighted by Gasteiger charge is 2.31. The summed E-state index contributed by atoms with van der Waals surface area (Å²) in [7, 11) is 0. The van der Waals surface area contributed by atoms with Crippen molar-refractivity contribution in [3.05, 3.63) is 29.8 Å². The minimum Gasteiger partial charge on any atom is -0.384 e. The summed E-state index contributed by atoms with van der Waals surface area (Å²) in [5.41, 5.74) is 2.48. The van der Waals surface area contributed by atoms with Crippen LogP contribution in [0.3, 0.4) is 0 Å². The van der Waals surface area contributed by atoms with Crippen molar-refractivity contribution in [2.24, 2.45) is 5.92 Å². The number of hydrogen-bond donors (Lipinski definition) is 1. The van der Waals surface area contributed by atoms with Crippen molar-refractivity contribution in [1.29, 1.82) is 0 Å². The third-order valence-corrected chi connectivity index (χ3v) is 5.01. The second-order valence-electron chi connectivity index (χ2n) is 6.36. The summed E-state index contributed by atoms with van der Waals surface area (Å²) in [6.45, 7) is 3.75. The molecule has 114 valence electrons. The summed E-state index contributed by atoms with van der Waals surface area (Å²) in [5.74, 6) is 0.452. The van der Waals surface area contributed by atoms with Gasteiger partial charge in [0.05, 0.1) is 5.92 Å². The molecule has 1 aliphatic carbocycles. The number of para-hydroxylation sites is 1. The number of nitrogens with one attached hydrogen (secondary N) is 1. The lowest BCUT2D eigenvalue weighted by Crippen LogP contribution is -2.47. The quantitative estimate of drug-likeness (QED) is 0.923. The van der Waals surface area contributed by atoms with Crippen LogP contribution in [0.4, 0.5) is 5.69 Å². The molecule has 3 heteroatoms. The lowest BCUT2D eigenvalue weighted by molar-refractivity contribution is -0.138. The lowest BCUT2D eigenvalue weighted by Gasteiger charge is -2.37. The Hall–Kier alpha value is -1.51. The van der Waals surface area contributed by atoms with Gasteiger partial charge in [-0.1, -0.05) is 37.5 Å². The molecule has 1 aromatic rings. The molecule has 1 amide bonds. The van der Waals surface area contributed by atoms with Crippen molar-refractivity contribution in [3.8, 4) is 0 Å². The summed E-state index contributed by atoms with van der Waals surface area (Å²) in [4.78, 5) is 15.1. The first-order chi connectivity index (χ1) is 10.3. The van der Waals surface area contributed by atoms with Crippen LogP contribution in [0.5, 0.6) is 0 Å². The zero-order valence-corrected chi connectivity index (χ0v) is 13.0. The zero-order valence-electron chi connectivity index (χ0n) is 13.0. The van der Waals surface area contributed by atoms with Gasteiger partial charge in [0.1, 0.15) is 0 Å². The molecular formula is C18H26N2O. The summed E-state index contributed by atoms with van der Waals surface area (Å²) in [5, 5.41) is 3.43. The zero-order chi connectivity index (χ0) is 14.7. The first-order valence-electron chi connectivity index (χ1n) is 8.42. The third-order valence-electron chi connectivity index (χ3n) is 5.01. The van der Waals surface area contributed by atoms with Crippen molar-refractivity contribution in [1.82, 2.24) is 4.90 Å². The molecule has 0 aromatic heterocycles. The number of anilines is 1. The van der Waals surface area contributed by atoms with Gasteiger partial charge in [0.2, 0.25) is 5.91 Å². The first kappa shape index (κ1) is 14.4. The monoisotopic (exact) mass is 286 g/mol. The molecule has 2 aliphatic rings. The van der Waals surface area contributed by atoms with Gasteiger partial charge in [-0.2, -0.15) is 0 Å². The molecule has 1 heterocycles. The van der Waals surface area contributed by atoms with Crippen LogP contribution >= 0.6 is 0 Å². The SMILES string of the molecule is CCN(C(=O)C1CNc2ccccc2C1)C1CCCCC1. The third kappa shape index (κ3) is 3.07. The van der Waals surface area contributed by atoms with Crippen LogP contribution < -0.4 is 5.32 Å². The van der Waals surface area contributed by atoms with Crippen LogP contribution in [0.2, 0.25) is 0 Å². The molecule has 1 aromatic carbocycles. The average Bonchev–Trinajstić information content (AvgIpc) is 2.56. The fourth-order valence-corrected chi connectivity index (χ4v) is 3.84. The van der Waals surface area contributed by atoms with Crippen LogP contribution in [-0.2, 0) is 11.2 Å². The van der Waals surface area contributed by atoms with Crippen LogP contribution in [0.25, 0.3) is 0 Å². The minimum absolute atomic E-state index is 0.0989. The first-order valence-corrected chi connectivity index (χ1v) is 8.42. The maximum atomic E-state index is 12.9. The fraction of sp³-hybridized carbons (Fsp3) is 0.611. The summed E-state index contributed by atoms with van der Waals surface area (Å²) < 4.78 is 0. The van der Waals surface area contributed by atoms with Crippen molar-refractivity contribution in [3.63, 3.8) is 0 Å². The molecule has 0 saturated heterocycles. The van der Waals surface area contributed by atoms with Gasteiger partial charge in [-0.15, -0.1) is 0 Å². The van der Waals surface area contributed by atoms with E-state index in [0.29, 0.717) is 11.9 Å². The van der Waals surface area contributed by atoms with Crippen molar-refractivity contribution >= 4 is 11.6 Å². The second kappa shape index (κ2) is 6.50. The van der Waals surface area contributed by atoms with E-state index >= 15 is 0 Å². The highest BCUT2D eigenvalue weighted by molar-refractivity contribution is 5.81. The van der Waals surface area contributed by atoms with Gasteiger partial charge >= 0.3 is 0 Å². The van der Waals surface area contributed by atoms with Gasteiger partial charge in [0.15, 0.2) is 0 Å². The van der Waals surface area contributed by atoms with E-state index in [1.54, 1.807) is 0 Å². The van der Waals surface area contributed by atoms with E-state index in [2.05, 4.69) is 35.3 Å². The van der Waals surface area contributed by atoms with Crippen LogP contribution in [-0.4, -0.2) is 29.9 Å². The summed E-state index contributed by atoms with van der Waals surface area (Å²) >= 11 is 0. The number of fused-ring (bicyclic) bond motifs is 1. The number of amides is 1. The normalized spacial score (nSPS) is 22.2. The molecule has 0 radical (unpaired) electrons. The van der Waals surface area contributed by atoms with E-state index in [4.69, 9.17) is 0 Å². The Labute approximate surface area is 127 Å². The largest absolute Gasteiger partial charge is 0.384 e. The molecule has 0 bridgehead atoms. The van der Waals surface area contributed by atoms with Crippen LogP contribution in [0.1, 0.15) is 44.6 Å². The predicted molar refractivity (Wildman–Crippen MR) is 86.4 cm³/mol. The molecule has 1 aliphatic heterocycles. The fourth-order valence-electron chi connectivity index (χ4n) is 3.84. The maximum absolute atomic E-state index is 12.9. The van der Waals surface area contributed by atoms with Crippen LogP contribution in [0.15, 0.2) is 24.3 Å². The van der Waals surface area contributed by atoms with E-state index in [0.717, 1.165) is 19.5 Å². The molecule has 3 rings (SSSR count). The summed E-state index contributed by atoms with van der Waals surface area (Å²) in [6, 6.07) is 8.84. The van der Waals surface area contributed by atoms with E-state index in [1.165, 1.54) is 43.4 Å². The lowest BCUT2D eigenvalue weighted by atomic mass is 9.90. The van der Waals surface area contributed by atoms with Crippen molar-refractivity contribution in [2.75, 3.05) is 18.4 Å². The maximum Gasteiger partial charge on any atom is 0.228 e. The predicted octanol–water partition coefficient (Wildman–Crippen LogP) is 3.45. The topological polar surface area (TPSA) is 32.3 Å². The second-order valence-corrected chi connectivity index (χ2v) is 6.36. The standard InChI is InChI=1S/C18H26N2O/c1-2-20(16-9-4-3-5-10-16)18(21)15-12-14-8-6-7-11-17(14)19-13-15/h6-8,11,15-16,19H,2-5,9-10,12-13H2,1H3. The molecule has 3 nitrogen and oxygen atoms in total. The number of carbonyl (C=O) groups excluding carboxylic acids is 1. The molecule has 1 unspecified atom stereocenters. The Balaban J connectivity index is 1.69. The molecule has 1 saturated carbocycles. The van der Waals surface area contributed by atoms with Crippen LogP contribution in [0, 0.1) is 5.92 Å². The van der Waals surface area contributed by atoms with Gasteiger partial charge in [-0.05, 0) is 37.8 Å². The number of nitrogens with zero attached hydrogens (tertiary/aromatic N) is 1. The molecule has 1 N–H and O–H groups in total. The van der Waals surface area contributed by atoms with E-state index in [9.17, 15) is 4.79 Å². The molecule has 21 heavy (non-hydrogen) atoms. The Morgan fingerprint density at radius 1 is 1.24 bits per heavy atom.